The Kier molecular flexibility index (Phi) is 8.91. The minimum Gasteiger partial charge on any atom is -0.300 e. The van der Waals surface area contributed by atoms with Crippen molar-refractivity contribution >= 4 is 0 Å². The molecule has 0 radical (unpaired) electrons. The van der Waals surface area contributed by atoms with Crippen molar-refractivity contribution in [3.8, 4) is 0 Å². The summed E-state index contributed by atoms with van der Waals surface area (Å²) in [6, 6.07) is 0. The van der Waals surface area contributed by atoms with Crippen molar-refractivity contribution in [2.45, 2.75) is 159 Å². The molecule has 3 unspecified atom stereocenters. The highest BCUT2D eigenvalue weighted by Gasteiger charge is 2.83. The van der Waals surface area contributed by atoms with Crippen LogP contribution in [0.15, 0.2) is 0 Å². The van der Waals surface area contributed by atoms with Gasteiger partial charge in [0.1, 0.15) is 5.54 Å². The molecule has 1 rings (SSSR count). The van der Waals surface area contributed by atoms with Gasteiger partial charge in [0, 0.05) is 31.7 Å². The molecule has 0 amide bonds. The Labute approximate surface area is 204 Å². The van der Waals surface area contributed by atoms with Gasteiger partial charge >= 0.3 is 0 Å². The van der Waals surface area contributed by atoms with E-state index in [1.165, 1.54) is 56.1 Å². The number of rotatable bonds is 12. The van der Waals surface area contributed by atoms with Crippen molar-refractivity contribution in [2.75, 3.05) is 19.6 Å². The van der Waals surface area contributed by atoms with Gasteiger partial charge in [0.25, 0.3) is 0 Å². The summed E-state index contributed by atoms with van der Waals surface area (Å²) in [7, 11) is 0. The number of hydrogen-bond donors (Lipinski definition) is 0. The van der Waals surface area contributed by atoms with Crippen LogP contribution in [0.4, 0.5) is 0 Å². The fourth-order valence-electron chi connectivity index (χ4n) is 9.84. The van der Waals surface area contributed by atoms with E-state index in [4.69, 9.17) is 0 Å². The molecule has 1 saturated heterocycles. The van der Waals surface area contributed by atoms with Crippen molar-refractivity contribution < 1.29 is 4.48 Å². The van der Waals surface area contributed by atoms with Crippen LogP contribution in [-0.2, 0) is 0 Å². The Morgan fingerprint density at radius 2 is 1.09 bits per heavy atom. The Morgan fingerprint density at radius 1 is 0.656 bits per heavy atom. The summed E-state index contributed by atoms with van der Waals surface area (Å²) in [6.07, 6.45) is 7.42. The second-order valence-electron chi connectivity index (χ2n) is 12.4. The number of quaternary nitrogens is 1. The number of hydrogen-bond acceptors (Lipinski definition) is 1. The average molecular weight is 452 g/mol. The lowest BCUT2D eigenvalue weighted by Gasteiger charge is -2.64. The molecule has 0 spiro atoms. The highest BCUT2D eigenvalue weighted by Crippen LogP contribution is 2.71. The van der Waals surface area contributed by atoms with Gasteiger partial charge in [0.2, 0.25) is 0 Å². The van der Waals surface area contributed by atoms with Gasteiger partial charge in [-0.15, -0.1) is 0 Å². The number of nitrogens with zero attached hydrogens (tertiary/aromatic N) is 2. The maximum absolute atomic E-state index is 3.08. The molecule has 3 atom stereocenters. The summed E-state index contributed by atoms with van der Waals surface area (Å²) in [6.45, 7) is 41.7. The highest BCUT2D eigenvalue weighted by molar-refractivity contribution is 5.24. The van der Waals surface area contributed by atoms with E-state index in [1.54, 1.807) is 0 Å². The van der Waals surface area contributed by atoms with Gasteiger partial charge in [-0.1, -0.05) is 89.0 Å². The van der Waals surface area contributed by atoms with Crippen molar-refractivity contribution in [1.82, 2.24) is 4.90 Å². The Bertz CT molecular complexity index is 610. The molecular formula is C30H63N2+. The molecule has 32 heavy (non-hydrogen) atoms. The fraction of sp³-hybridized carbons (Fsp3) is 1.00. The lowest BCUT2D eigenvalue weighted by Crippen LogP contribution is -2.76. The van der Waals surface area contributed by atoms with Crippen LogP contribution in [-0.4, -0.2) is 45.8 Å². The third-order valence-corrected chi connectivity index (χ3v) is 13.0. The highest BCUT2D eigenvalue weighted by atomic mass is 15.7. The quantitative estimate of drug-likeness (QED) is 0.268. The molecule has 0 aromatic carbocycles. The van der Waals surface area contributed by atoms with Crippen LogP contribution in [0.2, 0.25) is 0 Å². The van der Waals surface area contributed by atoms with Crippen LogP contribution in [0.25, 0.3) is 0 Å². The van der Waals surface area contributed by atoms with E-state index in [9.17, 15) is 0 Å². The van der Waals surface area contributed by atoms with Gasteiger partial charge in [-0.2, -0.15) is 0 Å². The molecule has 2 heteroatoms. The van der Waals surface area contributed by atoms with E-state index >= 15 is 0 Å². The van der Waals surface area contributed by atoms with Gasteiger partial charge in [-0.3, -0.25) is 0 Å². The van der Waals surface area contributed by atoms with E-state index in [0.717, 1.165) is 6.54 Å². The molecule has 1 aliphatic heterocycles. The van der Waals surface area contributed by atoms with Crippen molar-refractivity contribution in [1.29, 1.82) is 0 Å². The monoisotopic (exact) mass is 451 g/mol. The molecule has 192 valence electrons. The van der Waals surface area contributed by atoms with Crippen LogP contribution in [0.1, 0.15) is 142 Å². The third kappa shape index (κ3) is 2.96. The zero-order valence-corrected chi connectivity index (χ0v) is 25.3. The summed E-state index contributed by atoms with van der Waals surface area (Å²) < 4.78 is 1.22. The van der Waals surface area contributed by atoms with Crippen LogP contribution in [0.5, 0.6) is 0 Å². The summed E-state index contributed by atoms with van der Waals surface area (Å²) >= 11 is 0. The Morgan fingerprint density at radius 3 is 1.34 bits per heavy atom. The molecule has 2 nitrogen and oxygen atoms in total. The molecular weight excluding hydrogens is 388 g/mol. The summed E-state index contributed by atoms with van der Waals surface area (Å²) in [5.74, 6) is 0. The van der Waals surface area contributed by atoms with Gasteiger partial charge in [0.05, 0.1) is 18.6 Å². The standard InChI is InChI=1S/C30H63N2/c1-16-25(10,11)29(15)31(22-7)28(14,27(13,19-4)26(12,17-2)18-3)30(20-5,21-6)32(29,23-8)24-9/h16-24H2,1-15H3/q+1. The topological polar surface area (TPSA) is 3.24 Å². The predicted octanol–water partition coefficient (Wildman–Crippen LogP) is 8.89. The zero-order valence-electron chi connectivity index (χ0n) is 25.3. The largest absolute Gasteiger partial charge is 0.300 e. The summed E-state index contributed by atoms with van der Waals surface area (Å²) in [5.41, 5.74) is 1.12. The molecule has 0 saturated carbocycles. The Hall–Kier alpha value is -0.0800. The first kappa shape index (κ1) is 30.0. The van der Waals surface area contributed by atoms with E-state index in [-0.39, 0.29) is 27.6 Å². The van der Waals surface area contributed by atoms with Crippen molar-refractivity contribution in [2.24, 2.45) is 16.2 Å². The number of likely N-dealkylation sites (N-methyl/N-ethyl adjacent to an activating group) is 2. The lowest BCUT2D eigenvalue weighted by molar-refractivity contribution is -1.02. The van der Waals surface area contributed by atoms with E-state index in [2.05, 4.69) is 109 Å². The van der Waals surface area contributed by atoms with Crippen LogP contribution >= 0.6 is 0 Å². The first-order valence-corrected chi connectivity index (χ1v) is 14.3. The van der Waals surface area contributed by atoms with E-state index < -0.39 is 0 Å². The second kappa shape index (κ2) is 9.52. The molecule has 0 aliphatic carbocycles. The summed E-state index contributed by atoms with van der Waals surface area (Å²) in [5, 5.41) is 0. The van der Waals surface area contributed by atoms with Crippen LogP contribution in [0.3, 0.4) is 0 Å². The third-order valence-electron chi connectivity index (χ3n) is 13.0. The summed E-state index contributed by atoms with van der Waals surface area (Å²) in [4.78, 5) is 3.08. The molecule has 0 bridgehead atoms. The maximum atomic E-state index is 3.08. The molecule has 0 aromatic heterocycles. The van der Waals surface area contributed by atoms with Gasteiger partial charge in [0.15, 0.2) is 5.66 Å². The van der Waals surface area contributed by atoms with Gasteiger partial charge in [-0.05, 0) is 44.4 Å². The Balaban J connectivity index is 4.42. The SMILES string of the molecule is CCN1C(C)(C(C)(CC)C(C)(CC)CC)C(CC)(CC)[N+](CC)(CC)C1(C)C(C)(C)CC. The average Bonchev–Trinajstić information content (AvgIpc) is 2.96. The molecule has 0 aromatic rings. The molecule has 1 heterocycles. The first-order valence-electron chi connectivity index (χ1n) is 14.3. The second-order valence-corrected chi connectivity index (χ2v) is 12.4. The van der Waals surface area contributed by atoms with Crippen LogP contribution in [0, 0.1) is 16.2 Å². The van der Waals surface area contributed by atoms with Gasteiger partial charge < -0.3 is 4.48 Å². The maximum Gasteiger partial charge on any atom is 0.158 e. The van der Waals surface area contributed by atoms with Crippen LogP contribution < -0.4 is 0 Å². The molecule has 1 fully saturated rings. The van der Waals surface area contributed by atoms with E-state index in [0.29, 0.717) is 5.41 Å². The molecule has 1 aliphatic rings. The zero-order chi connectivity index (χ0) is 25.4. The van der Waals surface area contributed by atoms with Gasteiger partial charge in [-0.25, -0.2) is 4.90 Å². The normalized spacial score (nSPS) is 30.5. The van der Waals surface area contributed by atoms with E-state index in [1.807, 2.05) is 0 Å². The smallest absolute Gasteiger partial charge is 0.158 e. The predicted molar refractivity (Wildman–Crippen MR) is 145 cm³/mol. The minimum atomic E-state index is 0.0829. The fourth-order valence-corrected chi connectivity index (χ4v) is 9.84. The van der Waals surface area contributed by atoms with Crippen molar-refractivity contribution in [3.05, 3.63) is 0 Å². The first-order chi connectivity index (χ1) is 14.7. The minimum absolute atomic E-state index is 0.0829. The molecule has 0 N–H and O–H groups in total. The van der Waals surface area contributed by atoms with Crippen molar-refractivity contribution in [3.63, 3.8) is 0 Å². The lowest BCUT2D eigenvalue weighted by atomic mass is 9.47.